The first kappa shape index (κ1) is 16.8. The van der Waals surface area contributed by atoms with Gasteiger partial charge in [-0.2, -0.15) is 0 Å². The predicted molar refractivity (Wildman–Crippen MR) is 89.4 cm³/mol. The Morgan fingerprint density at radius 2 is 1.95 bits per heavy atom. The summed E-state index contributed by atoms with van der Waals surface area (Å²) >= 11 is 0. The van der Waals surface area contributed by atoms with Crippen LogP contribution in [0.4, 0.5) is 0 Å². The average molecular weight is 304 g/mol. The van der Waals surface area contributed by atoms with Crippen LogP contribution in [0.2, 0.25) is 0 Å². The van der Waals surface area contributed by atoms with Gasteiger partial charge in [0.1, 0.15) is 5.75 Å². The Labute approximate surface area is 133 Å². The molecule has 0 radical (unpaired) electrons. The van der Waals surface area contributed by atoms with Gasteiger partial charge in [-0.15, -0.1) is 0 Å². The molecule has 4 heteroatoms. The fraction of sp³-hybridized carbons (Fsp3) is 0.611. The zero-order valence-corrected chi connectivity index (χ0v) is 13.9. The van der Waals surface area contributed by atoms with Crippen molar-refractivity contribution in [2.24, 2.45) is 5.41 Å². The lowest BCUT2D eigenvalue weighted by Gasteiger charge is -2.34. The van der Waals surface area contributed by atoms with Gasteiger partial charge in [-0.05, 0) is 69.0 Å². The number of hydrogen-bond acceptors (Lipinski definition) is 3. The predicted octanol–water partition coefficient (Wildman–Crippen LogP) is 2.98. The van der Waals surface area contributed by atoms with Gasteiger partial charge < -0.3 is 15.4 Å². The van der Waals surface area contributed by atoms with Gasteiger partial charge in [-0.3, -0.25) is 4.79 Å². The maximum atomic E-state index is 12.3. The van der Waals surface area contributed by atoms with Gasteiger partial charge in [0.25, 0.3) is 5.91 Å². The molecule has 2 rings (SSSR count). The van der Waals surface area contributed by atoms with Crippen molar-refractivity contribution in [1.82, 2.24) is 10.6 Å². The molecule has 0 bridgehead atoms. The van der Waals surface area contributed by atoms with Crippen LogP contribution in [0, 0.1) is 5.41 Å². The fourth-order valence-electron chi connectivity index (χ4n) is 2.60. The van der Waals surface area contributed by atoms with E-state index in [9.17, 15) is 4.79 Å². The van der Waals surface area contributed by atoms with E-state index in [1.807, 2.05) is 31.2 Å². The lowest BCUT2D eigenvalue weighted by atomic mass is 9.81. The van der Waals surface area contributed by atoms with E-state index in [0.717, 1.165) is 44.6 Å². The molecule has 0 saturated carbocycles. The van der Waals surface area contributed by atoms with Crippen molar-refractivity contribution >= 4 is 5.91 Å². The molecule has 1 aromatic rings. The van der Waals surface area contributed by atoms with Crippen molar-refractivity contribution in [3.05, 3.63) is 29.8 Å². The highest BCUT2D eigenvalue weighted by atomic mass is 16.5. The molecule has 2 N–H and O–H groups in total. The van der Waals surface area contributed by atoms with Crippen LogP contribution in [0.25, 0.3) is 0 Å². The van der Waals surface area contributed by atoms with Crippen molar-refractivity contribution in [3.63, 3.8) is 0 Å². The monoisotopic (exact) mass is 304 g/mol. The molecule has 1 unspecified atom stereocenters. The van der Waals surface area contributed by atoms with Crippen LogP contribution in [0.15, 0.2) is 24.3 Å². The minimum atomic E-state index is -0.00477. The van der Waals surface area contributed by atoms with Crippen molar-refractivity contribution < 1.29 is 9.53 Å². The van der Waals surface area contributed by atoms with Gasteiger partial charge in [-0.1, -0.05) is 13.8 Å². The Hall–Kier alpha value is -1.55. The zero-order valence-electron chi connectivity index (χ0n) is 13.9. The molecule has 122 valence electrons. The van der Waals surface area contributed by atoms with Crippen molar-refractivity contribution in [3.8, 4) is 5.75 Å². The molecule has 0 aromatic heterocycles. The van der Waals surface area contributed by atoms with Crippen LogP contribution < -0.4 is 15.4 Å². The van der Waals surface area contributed by atoms with Crippen LogP contribution in [0.1, 0.15) is 50.4 Å². The Morgan fingerprint density at radius 3 is 2.55 bits per heavy atom. The van der Waals surface area contributed by atoms with Crippen LogP contribution in [0.3, 0.4) is 0 Å². The van der Waals surface area contributed by atoms with Gasteiger partial charge in [0, 0.05) is 12.1 Å². The first-order valence-corrected chi connectivity index (χ1v) is 8.28. The zero-order chi connectivity index (χ0) is 16.0. The second-order valence-electron chi connectivity index (χ2n) is 6.60. The SMILES string of the molecule is CCC(C)Oc1ccc(C(=O)NCC2(C)CCNCC2)cc1. The lowest BCUT2D eigenvalue weighted by Crippen LogP contribution is -2.42. The smallest absolute Gasteiger partial charge is 0.251 e. The molecule has 1 aliphatic rings. The highest BCUT2D eigenvalue weighted by molar-refractivity contribution is 5.94. The maximum Gasteiger partial charge on any atom is 0.251 e. The minimum Gasteiger partial charge on any atom is -0.491 e. The summed E-state index contributed by atoms with van der Waals surface area (Å²) in [5.74, 6) is 0.811. The van der Waals surface area contributed by atoms with Gasteiger partial charge in [0.15, 0.2) is 0 Å². The van der Waals surface area contributed by atoms with Gasteiger partial charge in [-0.25, -0.2) is 0 Å². The van der Waals surface area contributed by atoms with E-state index in [-0.39, 0.29) is 17.4 Å². The van der Waals surface area contributed by atoms with Crippen molar-refractivity contribution in [2.45, 2.75) is 46.1 Å². The quantitative estimate of drug-likeness (QED) is 0.849. The summed E-state index contributed by atoms with van der Waals surface area (Å²) in [7, 11) is 0. The number of nitrogens with one attached hydrogen (secondary N) is 2. The van der Waals surface area contributed by atoms with Crippen LogP contribution in [0.5, 0.6) is 5.75 Å². The van der Waals surface area contributed by atoms with Crippen LogP contribution >= 0.6 is 0 Å². The number of piperidine rings is 1. The Balaban J connectivity index is 1.87. The van der Waals surface area contributed by atoms with Crippen LogP contribution in [-0.2, 0) is 0 Å². The summed E-state index contributed by atoms with van der Waals surface area (Å²) in [5, 5.41) is 6.43. The van der Waals surface area contributed by atoms with E-state index in [2.05, 4.69) is 24.5 Å². The summed E-state index contributed by atoms with van der Waals surface area (Å²) in [6, 6.07) is 7.40. The van der Waals surface area contributed by atoms with Gasteiger partial charge >= 0.3 is 0 Å². The first-order chi connectivity index (χ1) is 10.5. The number of ether oxygens (including phenoxy) is 1. The van der Waals surface area contributed by atoms with E-state index in [4.69, 9.17) is 4.74 Å². The standard InChI is InChI=1S/C18H28N2O2/c1-4-14(2)22-16-7-5-15(6-8-16)17(21)20-13-18(3)9-11-19-12-10-18/h5-8,14,19H,4,9-13H2,1-3H3,(H,20,21). The third kappa shape index (κ3) is 4.73. The number of rotatable bonds is 6. The number of carbonyl (C=O) groups excluding carboxylic acids is 1. The van der Waals surface area contributed by atoms with E-state index in [0.29, 0.717) is 5.56 Å². The highest BCUT2D eigenvalue weighted by Gasteiger charge is 2.27. The van der Waals surface area contributed by atoms with Crippen molar-refractivity contribution in [1.29, 1.82) is 0 Å². The summed E-state index contributed by atoms with van der Waals surface area (Å²) in [6.45, 7) is 9.19. The number of benzene rings is 1. The second kappa shape index (κ2) is 7.63. The molecule has 1 heterocycles. The molecule has 22 heavy (non-hydrogen) atoms. The van der Waals surface area contributed by atoms with E-state index < -0.39 is 0 Å². The normalized spacial score (nSPS) is 18.5. The molecular formula is C18H28N2O2. The summed E-state index contributed by atoms with van der Waals surface area (Å²) in [5.41, 5.74) is 0.898. The second-order valence-corrected chi connectivity index (χ2v) is 6.60. The summed E-state index contributed by atoms with van der Waals surface area (Å²) in [6.07, 6.45) is 3.37. The molecule has 0 spiro atoms. The highest BCUT2D eigenvalue weighted by Crippen LogP contribution is 2.26. The summed E-state index contributed by atoms with van der Waals surface area (Å²) in [4.78, 5) is 12.3. The molecule has 1 fully saturated rings. The topological polar surface area (TPSA) is 50.4 Å². The molecule has 1 atom stereocenters. The lowest BCUT2D eigenvalue weighted by molar-refractivity contribution is 0.0922. The average Bonchev–Trinajstić information content (AvgIpc) is 2.54. The summed E-state index contributed by atoms with van der Waals surface area (Å²) < 4.78 is 5.73. The maximum absolute atomic E-state index is 12.3. The number of amides is 1. The molecule has 1 aromatic carbocycles. The molecule has 1 saturated heterocycles. The Kier molecular flexibility index (Phi) is 5.83. The first-order valence-electron chi connectivity index (χ1n) is 8.28. The van der Waals surface area contributed by atoms with E-state index in [1.54, 1.807) is 0 Å². The third-order valence-electron chi connectivity index (χ3n) is 4.52. The van der Waals surface area contributed by atoms with Gasteiger partial charge in [0.05, 0.1) is 6.10 Å². The minimum absolute atomic E-state index is 0.00477. The fourth-order valence-corrected chi connectivity index (χ4v) is 2.60. The largest absolute Gasteiger partial charge is 0.491 e. The number of carbonyl (C=O) groups is 1. The number of hydrogen-bond donors (Lipinski definition) is 2. The molecule has 1 aliphatic heterocycles. The third-order valence-corrected chi connectivity index (χ3v) is 4.52. The Morgan fingerprint density at radius 1 is 1.32 bits per heavy atom. The molecule has 4 nitrogen and oxygen atoms in total. The van der Waals surface area contributed by atoms with E-state index in [1.165, 1.54) is 0 Å². The molecular weight excluding hydrogens is 276 g/mol. The van der Waals surface area contributed by atoms with Crippen molar-refractivity contribution in [2.75, 3.05) is 19.6 Å². The molecule has 1 amide bonds. The van der Waals surface area contributed by atoms with E-state index >= 15 is 0 Å². The Bertz CT molecular complexity index is 478. The van der Waals surface area contributed by atoms with Gasteiger partial charge in [0.2, 0.25) is 0 Å². The molecule has 0 aliphatic carbocycles. The van der Waals surface area contributed by atoms with Crippen LogP contribution in [-0.4, -0.2) is 31.6 Å².